The van der Waals surface area contributed by atoms with Gasteiger partial charge in [0.15, 0.2) is 0 Å². The fourth-order valence-corrected chi connectivity index (χ4v) is 2.58. The number of hydrogen-bond acceptors (Lipinski definition) is 2. The van der Waals surface area contributed by atoms with Gasteiger partial charge in [0.2, 0.25) is 0 Å². The molecule has 2 nitrogen and oxygen atoms in total. The van der Waals surface area contributed by atoms with E-state index >= 15 is 0 Å². The van der Waals surface area contributed by atoms with E-state index < -0.39 is 0 Å². The molecule has 84 valence electrons. The van der Waals surface area contributed by atoms with E-state index in [0.717, 1.165) is 6.42 Å². The second kappa shape index (κ2) is 6.41. The number of nitrogens with two attached hydrogens (primary N) is 1. The second-order valence-corrected chi connectivity index (χ2v) is 4.65. The normalized spacial score (nSPS) is 24.2. The lowest BCUT2D eigenvalue weighted by Crippen LogP contribution is -2.33. The van der Waals surface area contributed by atoms with E-state index in [2.05, 4.69) is 6.92 Å². The quantitative estimate of drug-likeness (QED) is 0.682. The van der Waals surface area contributed by atoms with Crippen LogP contribution in [0.3, 0.4) is 0 Å². The van der Waals surface area contributed by atoms with E-state index in [-0.39, 0.29) is 6.10 Å². The molecule has 0 aromatic rings. The third-order valence-corrected chi connectivity index (χ3v) is 3.69. The molecule has 2 heteroatoms. The highest BCUT2D eigenvalue weighted by Gasteiger charge is 2.26. The molecule has 0 radical (unpaired) electrons. The molecule has 0 saturated heterocycles. The molecule has 1 rings (SSSR count). The van der Waals surface area contributed by atoms with Crippen molar-refractivity contribution >= 4 is 0 Å². The first-order valence-corrected chi connectivity index (χ1v) is 6.17. The van der Waals surface area contributed by atoms with Crippen molar-refractivity contribution in [2.75, 3.05) is 6.54 Å². The van der Waals surface area contributed by atoms with Gasteiger partial charge in [-0.3, -0.25) is 0 Å². The molecule has 0 spiro atoms. The van der Waals surface area contributed by atoms with E-state index in [9.17, 15) is 5.11 Å². The molecule has 3 N–H and O–H groups in total. The molecule has 0 aliphatic heterocycles. The van der Waals surface area contributed by atoms with Gasteiger partial charge < -0.3 is 10.8 Å². The molecule has 0 aromatic heterocycles. The van der Waals surface area contributed by atoms with Crippen LogP contribution >= 0.6 is 0 Å². The Balaban J connectivity index is 2.43. The van der Waals surface area contributed by atoms with Gasteiger partial charge in [-0.25, -0.2) is 0 Å². The lowest BCUT2D eigenvalue weighted by Gasteiger charge is -2.27. The predicted octanol–water partition coefficient (Wildman–Crippen LogP) is 2.30. The first-order valence-electron chi connectivity index (χ1n) is 6.17. The fraction of sp³-hybridized carbons (Fsp3) is 1.00. The zero-order valence-corrected chi connectivity index (χ0v) is 9.41. The van der Waals surface area contributed by atoms with Crippen LogP contribution < -0.4 is 5.73 Å². The summed E-state index contributed by atoms with van der Waals surface area (Å²) in [5.41, 5.74) is 5.67. The molecule has 1 saturated carbocycles. The van der Waals surface area contributed by atoms with Gasteiger partial charge in [0.05, 0.1) is 6.10 Å². The monoisotopic (exact) mass is 199 g/mol. The Labute approximate surface area is 87.9 Å². The Hall–Kier alpha value is -0.0800. The highest BCUT2D eigenvalue weighted by molar-refractivity contribution is 4.78. The number of hydrogen-bond donors (Lipinski definition) is 2. The van der Waals surface area contributed by atoms with Crippen LogP contribution in [0.1, 0.15) is 51.9 Å². The van der Waals surface area contributed by atoms with Gasteiger partial charge in [-0.15, -0.1) is 0 Å². The summed E-state index contributed by atoms with van der Waals surface area (Å²) in [4.78, 5) is 0. The minimum absolute atomic E-state index is 0.150. The van der Waals surface area contributed by atoms with Crippen LogP contribution in [0.4, 0.5) is 0 Å². The van der Waals surface area contributed by atoms with E-state index in [1.54, 1.807) is 0 Å². The smallest absolute Gasteiger partial charge is 0.0608 e. The summed E-state index contributed by atoms with van der Waals surface area (Å²) in [5, 5.41) is 10.2. The Kier molecular flexibility index (Phi) is 5.49. The van der Waals surface area contributed by atoms with E-state index in [0.29, 0.717) is 18.4 Å². The van der Waals surface area contributed by atoms with Crippen molar-refractivity contribution < 1.29 is 5.11 Å². The lowest BCUT2D eigenvalue weighted by atomic mass is 9.84. The van der Waals surface area contributed by atoms with Crippen molar-refractivity contribution in [2.24, 2.45) is 17.6 Å². The van der Waals surface area contributed by atoms with Gasteiger partial charge >= 0.3 is 0 Å². The third-order valence-electron chi connectivity index (χ3n) is 3.69. The topological polar surface area (TPSA) is 46.2 Å². The summed E-state index contributed by atoms with van der Waals surface area (Å²) in [6, 6.07) is 0. The SMILES string of the molecule is CCC(CN)C(O)C1CCCCCC1. The molecular weight excluding hydrogens is 174 g/mol. The van der Waals surface area contributed by atoms with Gasteiger partial charge in [-0.1, -0.05) is 32.6 Å². The molecule has 14 heavy (non-hydrogen) atoms. The van der Waals surface area contributed by atoms with Crippen LogP contribution in [0.2, 0.25) is 0 Å². The molecule has 0 heterocycles. The number of rotatable bonds is 4. The van der Waals surface area contributed by atoms with Crippen LogP contribution in [0.15, 0.2) is 0 Å². The minimum Gasteiger partial charge on any atom is -0.393 e. The van der Waals surface area contributed by atoms with Crippen LogP contribution in [-0.2, 0) is 0 Å². The van der Waals surface area contributed by atoms with Crippen molar-refractivity contribution in [3.8, 4) is 0 Å². The molecule has 1 aliphatic rings. The second-order valence-electron chi connectivity index (χ2n) is 4.65. The van der Waals surface area contributed by atoms with Crippen molar-refractivity contribution in [1.82, 2.24) is 0 Å². The molecule has 1 aliphatic carbocycles. The Morgan fingerprint density at radius 1 is 1.21 bits per heavy atom. The van der Waals surface area contributed by atoms with Gasteiger partial charge in [0.1, 0.15) is 0 Å². The molecule has 1 fully saturated rings. The van der Waals surface area contributed by atoms with Gasteiger partial charge in [-0.2, -0.15) is 0 Å². The van der Waals surface area contributed by atoms with Crippen LogP contribution in [0.25, 0.3) is 0 Å². The average molecular weight is 199 g/mol. The highest BCUT2D eigenvalue weighted by atomic mass is 16.3. The van der Waals surface area contributed by atoms with Crippen LogP contribution in [0, 0.1) is 11.8 Å². The summed E-state index contributed by atoms with van der Waals surface area (Å²) in [7, 11) is 0. The number of aliphatic hydroxyl groups is 1. The Bertz CT molecular complexity index is 137. The van der Waals surface area contributed by atoms with E-state index in [1.807, 2.05) is 0 Å². The van der Waals surface area contributed by atoms with Crippen molar-refractivity contribution in [3.63, 3.8) is 0 Å². The highest BCUT2D eigenvalue weighted by Crippen LogP contribution is 2.29. The molecule has 2 atom stereocenters. The predicted molar refractivity (Wildman–Crippen MR) is 60.0 cm³/mol. The average Bonchev–Trinajstić information content (AvgIpc) is 2.47. The first-order chi connectivity index (χ1) is 6.79. The largest absolute Gasteiger partial charge is 0.393 e. The first kappa shape index (κ1) is 12.0. The van der Waals surface area contributed by atoms with Crippen molar-refractivity contribution in [2.45, 2.75) is 58.0 Å². The zero-order chi connectivity index (χ0) is 10.4. The van der Waals surface area contributed by atoms with Crippen molar-refractivity contribution in [3.05, 3.63) is 0 Å². The Morgan fingerprint density at radius 2 is 1.79 bits per heavy atom. The molecule has 0 aromatic carbocycles. The summed E-state index contributed by atoms with van der Waals surface area (Å²) < 4.78 is 0. The zero-order valence-electron chi connectivity index (χ0n) is 9.41. The van der Waals surface area contributed by atoms with E-state index in [4.69, 9.17) is 5.73 Å². The minimum atomic E-state index is -0.150. The fourth-order valence-electron chi connectivity index (χ4n) is 2.58. The summed E-state index contributed by atoms with van der Waals surface area (Å²) in [5.74, 6) is 0.837. The Morgan fingerprint density at radius 3 is 2.21 bits per heavy atom. The van der Waals surface area contributed by atoms with Gasteiger partial charge in [0, 0.05) is 0 Å². The maximum absolute atomic E-state index is 10.2. The van der Waals surface area contributed by atoms with Gasteiger partial charge in [0.25, 0.3) is 0 Å². The molecule has 2 unspecified atom stereocenters. The lowest BCUT2D eigenvalue weighted by molar-refractivity contribution is 0.0447. The maximum Gasteiger partial charge on any atom is 0.0608 e. The molecular formula is C12H25NO. The summed E-state index contributed by atoms with van der Waals surface area (Å²) >= 11 is 0. The van der Waals surface area contributed by atoms with E-state index in [1.165, 1.54) is 38.5 Å². The molecule has 0 amide bonds. The summed E-state index contributed by atoms with van der Waals surface area (Å²) in [6.45, 7) is 2.76. The third kappa shape index (κ3) is 3.25. The van der Waals surface area contributed by atoms with Crippen molar-refractivity contribution in [1.29, 1.82) is 0 Å². The van der Waals surface area contributed by atoms with Crippen LogP contribution in [-0.4, -0.2) is 17.8 Å². The van der Waals surface area contributed by atoms with Gasteiger partial charge in [-0.05, 0) is 37.6 Å². The molecule has 0 bridgehead atoms. The summed E-state index contributed by atoms with van der Waals surface area (Å²) in [6.07, 6.45) is 8.56. The maximum atomic E-state index is 10.2. The standard InChI is InChI=1S/C12H25NO/c1-2-10(9-13)12(14)11-7-5-3-4-6-8-11/h10-12,14H,2-9,13H2,1H3. The van der Waals surface area contributed by atoms with Crippen LogP contribution in [0.5, 0.6) is 0 Å². The number of aliphatic hydroxyl groups excluding tert-OH is 1.